The van der Waals surface area contributed by atoms with Gasteiger partial charge in [0, 0.05) is 29.0 Å². The van der Waals surface area contributed by atoms with Gasteiger partial charge in [-0.1, -0.05) is 32.9 Å². The van der Waals surface area contributed by atoms with Gasteiger partial charge in [0.1, 0.15) is 0 Å². The molecule has 0 N–H and O–H groups in total. The predicted molar refractivity (Wildman–Crippen MR) is 88.0 cm³/mol. The van der Waals surface area contributed by atoms with Gasteiger partial charge in [0.2, 0.25) is 5.91 Å². The maximum absolute atomic E-state index is 12.8. The fourth-order valence-electron chi connectivity index (χ4n) is 3.06. The van der Waals surface area contributed by atoms with Gasteiger partial charge in [-0.2, -0.15) is 11.8 Å². The van der Waals surface area contributed by atoms with E-state index in [1.54, 1.807) is 0 Å². The first-order valence-corrected chi connectivity index (χ1v) is 9.05. The minimum Gasteiger partial charge on any atom is -0.339 e. The molecule has 2 nitrogen and oxygen atoms in total. The normalized spacial score (nSPS) is 27.6. The SMILES string of the molecule is CC(C)(C)SC[C@H]1CCCCN1C(=O)[C@H]1CC=CCC1. The molecule has 1 aliphatic heterocycles. The number of rotatable bonds is 3. The number of carbonyl (C=O) groups excluding carboxylic acids is 1. The Morgan fingerprint density at radius 2 is 2.05 bits per heavy atom. The van der Waals surface area contributed by atoms with Crippen molar-refractivity contribution in [3.63, 3.8) is 0 Å². The van der Waals surface area contributed by atoms with Gasteiger partial charge in [-0.05, 0) is 38.5 Å². The molecular weight excluding hydrogens is 266 g/mol. The molecule has 0 aromatic heterocycles. The summed E-state index contributed by atoms with van der Waals surface area (Å²) in [6.45, 7) is 7.77. The highest BCUT2D eigenvalue weighted by Gasteiger charge is 2.32. The maximum Gasteiger partial charge on any atom is 0.226 e. The lowest BCUT2D eigenvalue weighted by Crippen LogP contribution is -2.48. The van der Waals surface area contributed by atoms with E-state index in [2.05, 4.69) is 37.8 Å². The maximum atomic E-state index is 12.8. The second-order valence-corrected chi connectivity index (χ2v) is 8.93. The highest BCUT2D eigenvalue weighted by Crippen LogP contribution is 2.30. The molecule has 1 saturated heterocycles. The first kappa shape index (κ1) is 15.9. The summed E-state index contributed by atoms with van der Waals surface area (Å²) in [6.07, 6.45) is 11.1. The van der Waals surface area contributed by atoms with Crippen LogP contribution in [0, 0.1) is 5.92 Å². The molecule has 0 saturated carbocycles. The summed E-state index contributed by atoms with van der Waals surface area (Å²) in [5, 5.41) is 0. The van der Waals surface area contributed by atoms with Crippen molar-refractivity contribution in [1.29, 1.82) is 0 Å². The molecule has 0 aromatic carbocycles. The zero-order chi connectivity index (χ0) is 14.6. The van der Waals surface area contributed by atoms with Crippen molar-refractivity contribution in [2.45, 2.75) is 70.1 Å². The molecule has 0 bridgehead atoms. The van der Waals surface area contributed by atoms with E-state index in [4.69, 9.17) is 0 Å². The van der Waals surface area contributed by atoms with Crippen LogP contribution in [-0.2, 0) is 4.79 Å². The van der Waals surface area contributed by atoms with Crippen LogP contribution in [0.15, 0.2) is 12.2 Å². The van der Waals surface area contributed by atoms with Crippen LogP contribution in [0.25, 0.3) is 0 Å². The Kier molecular flexibility index (Phi) is 5.59. The van der Waals surface area contributed by atoms with Crippen LogP contribution in [0.5, 0.6) is 0 Å². The molecule has 20 heavy (non-hydrogen) atoms. The lowest BCUT2D eigenvalue weighted by atomic mass is 9.91. The summed E-state index contributed by atoms with van der Waals surface area (Å²) in [4.78, 5) is 15.0. The summed E-state index contributed by atoms with van der Waals surface area (Å²) in [6, 6.07) is 0.464. The van der Waals surface area contributed by atoms with E-state index in [1.807, 2.05) is 11.8 Å². The second kappa shape index (κ2) is 7.02. The Balaban J connectivity index is 1.95. The highest BCUT2D eigenvalue weighted by molar-refractivity contribution is 8.00. The number of hydrogen-bond acceptors (Lipinski definition) is 2. The van der Waals surface area contributed by atoms with Crippen molar-refractivity contribution >= 4 is 17.7 Å². The molecule has 2 aliphatic rings. The van der Waals surface area contributed by atoms with E-state index in [9.17, 15) is 4.79 Å². The van der Waals surface area contributed by atoms with Crippen LogP contribution in [0.2, 0.25) is 0 Å². The number of nitrogens with zero attached hydrogens (tertiary/aromatic N) is 1. The smallest absolute Gasteiger partial charge is 0.226 e. The number of hydrogen-bond donors (Lipinski definition) is 0. The average molecular weight is 295 g/mol. The summed E-state index contributed by atoms with van der Waals surface area (Å²) >= 11 is 2.00. The van der Waals surface area contributed by atoms with Crippen molar-refractivity contribution in [3.05, 3.63) is 12.2 Å². The number of thioether (sulfide) groups is 1. The topological polar surface area (TPSA) is 20.3 Å². The summed E-state index contributed by atoms with van der Waals surface area (Å²) in [5.41, 5.74) is 0. The molecular formula is C17H29NOS. The predicted octanol–water partition coefficient (Wildman–Crippen LogP) is 4.26. The highest BCUT2D eigenvalue weighted by atomic mass is 32.2. The largest absolute Gasteiger partial charge is 0.339 e. The van der Waals surface area contributed by atoms with Crippen molar-refractivity contribution in [3.8, 4) is 0 Å². The summed E-state index contributed by atoms with van der Waals surface area (Å²) < 4.78 is 0.291. The van der Waals surface area contributed by atoms with E-state index < -0.39 is 0 Å². The number of likely N-dealkylation sites (tertiary alicyclic amines) is 1. The Labute approximate surface area is 128 Å². The zero-order valence-corrected chi connectivity index (χ0v) is 14.0. The standard InChI is InChI=1S/C17H29NOS/c1-17(2,3)20-13-15-11-7-8-12-18(15)16(19)14-9-5-4-6-10-14/h4-5,14-15H,6-13H2,1-3H3/t14-,15+/m0/s1. The molecule has 0 aromatic rings. The van der Waals surface area contributed by atoms with E-state index in [-0.39, 0.29) is 5.92 Å². The molecule has 0 radical (unpaired) electrons. The summed E-state index contributed by atoms with van der Waals surface area (Å²) in [5.74, 6) is 1.77. The van der Waals surface area contributed by atoms with Crippen LogP contribution in [0.1, 0.15) is 59.3 Å². The zero-order valence-electron chi connectivity index (χ0n) is 13.2. The Hall–Kier alpha value is -0.440. The minimum absolute atomic E-state index is 0.250. The number of carbonyl (C=O) groups is 1. The van der Waals surface area contributed by atoms with Gasteiger partial charge >= 0.3 is 0 Å². The first-order valence-electron chi connectivity index (χ1n) is 8.07. The lowest BCUT2D eigenvalue weighted by Gasteiger charge is -2.39. The van der Waals surface area contributed by atoms with E-state index in [0.29, 0.717) is 16.7 Å². The van der Waals surface area contributed by atoms with Crippen molar-refractivity contribution in [2.24, 2.45) is 5.92 Å². The van der Waals surface area contributed by atoms with E-state index >= 15 is 0 Å². The Bertz CT molecular complexity index is 358. The van der Waals surface area contributed by atoms with E-state index in [1.165, 1.54) is 19.3 Å². The third-order valence-corrected chi connectivity index (χ3v) is 5.65. The molecule has 114 valence electrons. The Morgan fingerprint density at radius 1 is 1.25 bits per heavy atom. The minimum atomic E-state index is 0.250. The van der Waals surface area contributed by atoms with Gasteiger partial charge in [-0.15, -0.1) is 0 Å². The summed E-state index contributed by atoms with van der Waals surface area (Å²) in [7, 11) is 0. The van der Waals surface area contributed by atoms with Crippen LogP contribution in [0.4, 0.5) is 0 Å². The van der Waals surface area contributed by atoms with Crippen molar-refractivity contribution < 1.29 is 4.79 Å². The van der Waals surface area contributed by atoms with Crippen molar-refractivity contribution in [2.75, 3.05) is 12.3 Å². The first-order chi connectivity index (χ1) is 9.47. The van der Waals surface area contributed by atoms with Gasteiger partial charge in [0.25, 0.3) is 0 Å². The van der Waals surface area contributed by atoms with Crippen LogP contribution < -0.4 is 0 Å². The molecule has 1 amide bonds. The van der Waals surface area contributed by atoms with Gasteiger partial charge < -0.3 is 4.90 Å². The molecule has 2 atom stereocenters. The molecule has 0 spiro atoms. The molecule has 0 unspecified atom stereocenters. The van der Waals surface area contributed by atoms with Crippen LogP contribution in [-0.4, -0.2) is 33.9 Å². The van der Waals surface area contributed by atoms with Crippen molar-refractivity contribution in [1.82, 2.24) is 4.90 Å². The number of piperidine rings is 1. The average Bonchev–Trinajstić information content (AvgIpc) is 2.45. The van der Waals surface area contributed by atoms with Gasteiger partial charge in [0.15, 0.2) is 0 Å². The number of allylic oxidation sites excluding steroid dienone is 2. The third kappa shape index (κ3) is 4.54. The molecule has 1 aliphatic carbocycles. The molecule has 2 rings (SSSR count). The molecule has 3 heteroatoms. The van der Waals surface area contributed by atoms with Gasteiger partial charge in [0.05, 0.1) is 0 Å². The van der Waals surface area contributed by atoms with Gasteiger partial charge in [-0.3, -0.25) is 4.79 Å². The monoisotopic (exact) mass is 295 g/mol. The van der Waals surface area contributed by atoms with Crippen LogP contribution >= 0.6 is 11.8 Å². The fourth-order valence-corrected chi connectivity index (χ4v) is 4.10. The third-order valence-electron chi connectivity index (χ3n) is 4.24. The quantitative estimate of drug-likeness (QED) is 0.725. The van der Waals surface area contributed by atoms with E-state index in [0.717, 1.165) is 31.6 Å². The lowest BCUT2D eigenvalue weighted by molar-refractivity contribution is -0.139. The van der Waals surface area contributed by atoms with Crippen LogP contribution in [0.3, 0.4) is 0 Å². The second-order valence-electron chi connectivity index (χ2n) is 7.09. The molecule has 1 fully saturated rings. The molecule has 1 heterocycles. The fraction of sp³-hybridized carbons (Fsp3) is 0.824. The van der Waals surface area contributed by atoms with Gasteiger partial charge in [-0.25, -0.2) is 0 Å². The Morgan fingerprint density at radius 3 is 2.70 bits per heavy atom. The number of amides is 1.